The monoisotopic (exact) mass is 270 g/mol. The number of rotatable bonds is 6. The summed E-state index contributed by atoms with van der Waals surface area (Å²) in [5.41, 5.74) is 0.713. The van der Waals surface area contributed by atoms with Crippen molar-refractivity contribution in [3.8, 4) is 17.9 Å². The van der Waals surface area contributed by atoms with Crippen LogP contribution in [0.5, 0.6) is 5.75 Å². The summed E-state index contributed by atoms with van der Waals surface area (Å²) in [4.78, 5) is 0. The zero-order chi connectivity index (χ0) is 15.1. The molecule has 3 heteroatoms. The van der Waals surface area contributed by atoms with Gasteiger partial charge < -0.3 is 4.74 Å². The highest BCUT2D eigenvalue weighted by Crippen LogP contribution is 2.26. The summed E-state index contributed by atoms with van der Waals surface area (Å²) in [6.07, 6.45) is 1.97. The lowest BCUT2D eigenvalue weighted by Crippen LogP contribution is -2.21. The van der Waals surface area contributed by atoms with Crippen molar-refractivity contribution in [1.29, 1.82) is 10.5 Å². The predicted molar refractivity (Wildman–Crippen MR) is 79.2 cm³/mol. The van der Waals surface area contributed by atoms with Crippen molar-refractivity contribution in [2.24, 2.45) is 11.8 Å². The predicted octanol–water partition coefficient (Wildman–Crippen LogP) is 4.27. The molecule has 0 unspecified atom stereocenters. The Morgan fingerprint density at radius 2 is 1.60 bits per heavy atom. The van der Waals surface area contributed by atoms with E-state index in [1.165, 1.54) is 0 Å². The van der Waals surface area contributed by atoms with Crippen molar-refractivity contribution in [1.82, 2.24) is 0 Å². The molecule has 1 aromatic carbocycles. The van der Waals surface area contributed by atoms with E-state index < -0.39 is 0 Å². The molecule has 0 saturated carbocycles. The molecular weight excluding hydrogens is 248 g/mol. The molecule has 3 nitrogen and oxygen atoms in total. The van der Waals surface area contributed by atoms with Crippen molar-refractivity contribution in [2.45, 2.75) is 46.6 Å². The van der Waals surface area contributed by atoms with E-state index in [0.717, 1.165) is 12.8 Å². The van der Waals surface area contributed by atoms with Crippen LogP contribution in [0.4, 0.5) is 0 Å². The van der Waals surface area contributed by atoms with Crippen LogP contribution in [-0.4, -0.2) is 6.10 Å². The third-order valence-corrected chi connectivity index (χ3v) is 3.02. The maximum atomic E-state index is 9.23. The van der Waals surface area contributed by atoms with Gasteiger partial charge in [0.15, 0.2) is 0 Å². The summed E-state index contributed by atoms with van der Waals surface area (Å²) >= 11 is 0. The second kappa shape index (κ2) is 7.56. The highest BCUT2D eigenvalue weighted by Gasteiger charge is 2.17. The topological polar surface area (TPSA) is 56.8 Å². The van der Waals surface area contributed by atoms with E-state index in [0.29, 0.717) is 28.7 Å². The van der Waals surface area contributed by atoms with E-state index in [1.54, 1.807) is 18.2 Å². The van der Waals surface area contributed by atoms with Crippen LogP contribution in [0.1, 0.15) is 51.7 Å². The van der Waals surface area contributed by atoms with Crippen LogP contribution in [0.25, 0.3) is 0 Å². The molecule has 0 N–H and O–H groups in total. The standard InChI is InChI=1S/C17H22N2O/c1-12(2)8-15(9-13(3)4)20-17-7-5-6-14(10-18)16(17)11-19/h5-7,12-13,15H,8-9H2,1-4H3. The Labute approximate surface area is 121 Å². The lowest BCUT2D eigenvalue weighted by Gasteiger charge is -2.23. The van der Waals surface area contributed by atoms with Gasteiger partial charge in [0, 0.05) is 0 Å². The zero-order valence-electron chi connectivity index (χ0n) is 12.7. The van der Waals surface area contributed by atoms with E-state index in [9.17, 15) is 5.26 Å². The summed E-state index contributed by atoms with van der Waals surface area (Å²) in [6, 6.07) is 9.29. The molecule has 0 spiro atoms. The smallest absolute Gasteiger partial charge is 0.138 e. The van der Waals surface area contributed by atoms with E-state index in [1.807, 2.05) is 6.07 Å². The van der Waals surface area contributed by atoms with Gasteiger partial charge in [0.25, 0.3) is 0 Å². The van der Waals surface area contributed by atoms with Gasteiger partial charge in [-0.2, -0.15) is 10.5 Å². The molecule has 0 radical (unpaired) electrons. The molecule has 0 atom stereocenters. The Hall–Kier alpha value is -2.00. The number of ether oxygens (including phenoxy) is 1. The van der Waals surface area contributed by atoms with E-state index in [-0.39, 0.29) is 6.10 Å². The largest absolute Gasteiger partial charge is 0.489 e. The SMILES string of the molecule is CC(C)CC(CC(C)C)Oc1cccc(C#N)c1C#N. The van der Waals surface area contributed by atoms with Crippen LogP contribution in [0.15, 0.2) is 18.2 Å². The van der Waals surface area contributed by atoms with Crippen molar-refractivity contribution in [3.63, 3.8) is 0 Å². The molecule has 1 aromatic rings. The summed E-state index contributed by atoms with van der Waals surface area (Å²) in [6.45, 7) is 8.64. The molecule has 1 rings (SSSR count). The van der Waals surface area contributed by atoms with Crippen LogP contribution in [-0.2, 0) is 0 Å². The van der Waals surface area contributed by atoms with Gasteiger partial charge >= 0.3 is 0 Å². The second-order valence-electron chi connectivity index (χ2n) is 5.90. The lowest BCUT2D eigenvalue weighted by molar-refractivity contribution is 0.149. The zero-order valence-corrected chi connectivity index (χ0v) is 12.7. The van der Waals surface area contributed by atoms with Gasteiger partial charge in [0.2, 0.25) is 0 Å². The molecule has 0 aliphatic heterocycles. The number of nitrogens with zero attached hydrogens (tertiary/aromatic N) is 2. The molecule has 20 heavy (non-hydrogen) atoms. The van der Waals surface area contributed by atoms with E-state index in [2.05, 4.69) is 33.8 Å². The molecule has 0 amide bonds. The summed E-state index contributed by atoms with van der Waals surface area (Å²) in [5, 5.41) is 18.3. The fourth-order valence-corrected chi connectivity index (χ4v) is 2.26. The van der Waals surface area contributed by atoms with Crippen molar-refractivity contribution >= 4 is 0 Å². The van der Waals surface area contributed by atoms with Crippen molar-refractivity contribution < 1.29 is 4.74 Å². The third-order valence-electron chi connectivity index (χ3n) is 3.02. The minimum absolute atomic E-state index is 0.0797. The molecule has 106 valence electrons. The molecule has 0 bridgehead atoms. The summed E-state index contributed by atoms with van der Waals surface area (Å²) in [7, 11) is 0. The Bertz CT molecular complexity index is 511. The summed E-state index contributed by atoms with van der Waals surface area (Å²) < 4.78 is 6.03. The molecule has 0 aliphatic carbocycles. The Balaban J connectivity index is 2.99. The van der Waals surface area contributed by atoms with Gasteiger partial charge in [-0.05, 0) is 36.8 Å². The van der Waals surface area contributed by atoms with Gasteiger partial charge in [-0.1, -0.05) is 33.8 Å². The Kier molecular flexibility index (Phi) is 6.07. The molecule has 0 saturated heterocycles. The Morgan fingerprint density at radius 1 is 1.00 bits per heavy atom. The van der Waals surface area contributed by atoms with Gasteiger partial charge in [0.1, 0.15) is 23.5 Å². The fourth-order valence-electron chi connectivity index (χ4n) is 2.26. The van der Waals surface area contributed by atoms with Crippen LogP contribution >= 0.6 is 0 Å². The summed E-state index contributed by atoms with van der Waals surface area (Å²) in [5.74, 6) is 1.59. The first kappa shape index (κ1) is 16.1. The van der Waals surface area contributed by atoms with Crippen LogP contribution < -0.4 is 4.74 Å². The number of hydrogen-bond donors (Lipinski definition) is 0. The van der Waals surface area contributed by atoms with E-state index >= 15 is 0 Å². The van der Waals surface area contributed by atoms with Crippen LogP contribution in [0.3, 0.4) is 0 Å². The fraction of sp³-hybridized carbons (Fsp3) is 0.529. The quantitative estimate of drug-likeness (QED) is 0.775. The maximum Gasteiger partial charge on any atom is 0.138 e. The second-order valence-corrected chi connectivity index (χ2v) is 5.90. The molecule has 0 heterocycles. The van der Waals surface area contributed by atoms with Gasteiger partial charge in [-0.25, -0.2) is 0 Å². The number of nitriles is 2. The first-order valence-electron chi connectivity index (χ1n) is 7.07. The van der Waals surface area contributed by atoms with Crippen molar-refractivity contribution in [3.05, 3.63) is 29.3 Å². The normalized spacial score (nSPS) is 10.7. The average molecular weight is 270 g/mol. The number of hydrogen-bond acceptors (Lipinski definition) is 3. The number of benzene rings is 1. The Morgan fingerprint density at radius 3 is 2.05 bits per heavy atom. The minimum atomic E-state index is 0.0797. The highest BCUT2D eigenvalue weighted by molar-refractivity contribution is 5.53. The van der Waals surface area contributed by atoms with E-state index in [4.69, 9.17) is 10.00 Å². The van der Waals surface area contributed by atoms with Crippen LogP contribution in [0.2, 0.25) is 0 Å². The lowest BCUT2D eigenvalue weighted by atomic mass is 9.97. The van der Waals surface area contributed by atoms with Crippen LogP contribution in [0, 0.1) is 34.5 Å². The first-order valence-corrected chi connectivity index (χ1v) is 7.07. The molecule has 0 aromatic heterocycles. The maximum absolute atomic E-state index is 9.23. The first-order chi connectivity index (χ1) is 9.47. The minimum Gasteiger partial charge on any atom is -0.489 e. The van der Waals surface area contributed by atoms with Crippen molar-refractivity contribution in [2.75, 3.05) is 0 Å². The van der Waals surface area contributed by atoms with Gasteiger partial charge in [-0.15, -0.1) is 0 Å². The highest BCUT2D eigenvalue weighted by atomic mass is 16.5. The molecule has 0 fully saturated rings. The molecular formula is C17H22N2O. The average Bonchev–Trinajstić information content (AvgIpc) is 2.36. The van der Waals surface area contributed by atoms with Gasteiger partial charge in [-0.3, -0.25) is 0 Å². The third kappa shape index (κ3) is 4.59. The molecule has 0 aliphatic rings. The van der Waals surface area contributed by atoms with Gasteiger partial charge in [0.05, 0.1) is 11.7 Å².